The van der Waals surface area contributed by atoms with Gasteiger partial charge in [0.1, 0.15) is 18.2 Å². The molecular weight excluding hydrogens is 294 g/mol. The van der Waals surface area contributed by atoms with Gasteiger partial charge >= 0.3 is 0 Å². The standard InChI is InChI=1S/C17H21N3O3/c1-22-10-11-23-15-5-3-2-4-14(15)17(21)19-13-6-7-16-18-8-9-20(16)12-13/h2-5,8-9,13H,6-7,10-12H2,1H3,(H,19,21)/t13-/m1/s1. The highest BCUT2D eigenvalue weighted by Gasteiger charge is 2.22. The van der Waals surface area contributed by atoms with Crippen molar-refractivity contribution in [2.75, 3.05) is 20.3 Å². The number of fused-ring (bicyclic) bond motifs is 1. The van der Waals surface area contributed by atoms with E-state index in [1.54, 1.807) is 25.4 Å². The fraction of sp³-hybridized carbons (Fsp3) is 0.412. The smallest absolute Gasteiger partial charge is 0.255 e. The van der Waals surface area contributed by atoms with Gasteiger partial charge < -0.3 is 19.4 Å². The molecule has 6 heteroatoms. The lowest BCUT2D eigenvalue weighted by Gasteiger charge is -2.25. The molecule has 2 heterocycles. The number of aryl methyl sites for hydroxylation is 1. The highest BCUT2D eigenvalue weighted by atomic mass is 16.5. The summed E-state index contributed by atoms with van der Waals surface area (Å²) in [6, 6.07) is 7.39. The fourth-order valence-electron chi connectivity index (χ4n) is 2.76. The molecule has 1 aliphatic heterocycles. The Morgan fingerprint density at radius 1 is 1.39 bits per heavy atom. The lowest BCUT2D eigenvalue weighted by Crippen LogP contribution is -2.41. The van der Waals surface area contributed by atoms with Crippen molar-refractivity contribution in [3.8, 4) is 5.75 Å². The number of imidazole rings is 1. The number of carbonyl (C=O) groups is 1. The molecule has 0 aliphatic carbocycles. The number of methoxy groups -OCH3 is 1. The summed E-state index contributed by atoms with van der Waals surface area (Å²) in [5.74, 6) is 1.56. The molecule has 122 valence electrons. The third-order valence-electron chi connectivity index (χ3n) is 3.95. The van der Waals surface area contributed by atoms with Crippen LogP contribution in [0.3, 0.4) is 0 Å². The Labute approximate surface area is 135 Å². The zero-order valence-electron chi connectivity index (χ0n) is 13.2. The van der Waals surface area contributed by atoms with Crippen LogP contribution in [0.25, 0.3) is 0 Å². The number of amides is 1. The van der Waals surface area contributed by atoms with Gasteiger partial charge in [0.25, 0.3) is 5.91 Å². The number of hydrogen-bond donors (Lipinski definition) is 1. The minimum Gasteiger partial charge on any atom is -0.490 e. The maximum absolute atomic E-state index is 12.6. The maximum Gasteiger partial charge on any atom is 0.255 e. The van der Waals surface area contributed by atoms with E-state index < -0.39 is 0 Å². The van der Waals surface area contributed by atoms with Crippen LogP contribution in [-0.4, -0.2) is 41.8 Å². The summed E-state index contributed by atoms with van der Waals surface area (Å²) in [7, 11) is 1.62. The number of ether oxygens (including phenoxy) is 2. The number of benzene rings is 1. The van der Waals surface area contributed by atoms with E-state index in [9.17, 15) is 4.79 Å². The number of nitrogens with one attached hydrogen (secondary N) is 1. The lowest BCUT2D eigenvalue weighted by atomic mass is 10.1. The van der Waals surface area contributed by atoms with Crippen molar-refractivity contribution < 1.29 is 14.3 Å². The monoisotopic (exact) mass is 315 g/mol. The second-order valence-electron chi connectivity index (χ2n) is 5.54. The van der Waals surface area contributed by atoms with Crippen LogP contribution in [-0.2, 0) is 17.7 Å². The largest absolute Gasteiger partial charge is 0.490 e. The number of aromatic nitrogens is 2. The van der Waals surface area contributed by atoms with Crippen molar-refractivity contribution in [2.45, 2.75) is 25.4 Å². The van der Waals surface area contributed by atoms with Gasteiger partial charge in [0, 0.05) is 38.5 Å². The molecule has 1 amide bonds. The molecular formula is C17H21N3O3. The fourth-order valence-corrected chi connectivity index (χ4v) is 2.76. The summed E-state index contributed by atoms with van der Waals surface area (Å²) < 4.78 is 12.7. The molecule has 2 aromatic rings. The second-order valence-corrected chi connectivity index (χ2v) is 5.54. The first-order valence-corrected chi connectivity index (χ1v) is 7.79. The van der Waals surface area contributed by atoms with Crippen molar-refractivity contribution in [2.24, 2.45) is 0 Å². The number of carbonyl (C=O) groups excluding carboxylic acids is 1. The molecule has 1 aliphatic rings. The van der Waals surface area contributed by atoms with E-state index in [4.69, 9.17) is 9.47 Å². The van der Waals surface area contributed by atoms with Crippen LogP contribution in [0.2, 0.25) is 0 Å². The second kappa shape index (κ2) is 7.28. The van der Waals surface area contributed by atoms with Gasteiger partial charge in [-0.25, -0.2) is 4.98 Å². The van der Waals surface area contributed by atoms with Crippen LogP contribution in [0.5, 0.6) is 5.75 Å². The molecule has 1 atom stereocenters. The topological polar surface area (TPSA) is 65.4 Å². The van der Waals surface area contributed by atoms with Gasteiger partial charge in [0.05, 0.1) is 12.2 Å². The summed E-state index contributed by atoms with van der Waals surface area (Å²) in [4.78, 5) is 16.9. The van der Waals surface area contributed by atoms with Crippen LogP contribution in [0.1, 0.15) is 22.6 Å². The highest BCUT2D eigenvalue weighted by molar-refractivity contribution is 5.97. The van der Waals surface area contributed by atoms with Crippen molar-refractivity contribution in [3.63, 3.8) is 0 Å². The summed E-state index contributed by atoms with van der Waals surface area (Å²) in [5.41, 5.74) is 0.556. The SMILES string of the molecule is COCCOc1ccccc1C(=O)N[C@@H]1CCc2nccn2C1. The zero-order valence-corrected chi connectivity index (χ0v) is 13.2. The summed E-state index contributed by atoms with van der Waals surface area (Å²) in [6.07, 6.45) is 5.54. The van der Waals surface area contributed by atoms with Crippen LogP contribution in [0.15, 0.2) is 36.7 Å². The van der Waals surface area contributed by atoms with Crippen LogP contribution < -0.4 is 10.1 Å². The number of para-hydroxylation sites is 1. The summed E-state index contributed by atoms with van der Waals surface area (Å²) in [6.45, 7) is 1.67. The van der Waals surface area contributed by atoms with Gasteiger partial charge in [0.15, 0.2) is 0 Å². The first-order valence-electron chi connectivity index (χ1n) is 7.79. The van der Waals surface area contributed by atoms with Gasteiger partial charge in [-0.05, 0) is 18.6 Å². The predicted octanol–water partition coefficient (Wildman–Crippen LogP) is 1.65. The molecule has 1 aromatic heterocycles. The Morgan fingerprint density at radius 3 is 3.13 bits per heavy atom. The molecule has 0 bridgehead atoms. The van der Waals surface area contributed by atoms with E-state index in [1.807, 2.05) is 18.3 Å². The van der Waals surface area contributed by atoms with E-state index in [0.717, 1.165) is 25.2 Å². The number of nitrogens with zero attached hydrogens (tertiary/aromatic N) is 2. The molecule has 3 rings (SSSR count). The Hall–Kier alpha value is -2.34. The normalized spacial score (nSPS) is 16.7. The van der Waals surface area contributed by atoms with E-state index in [1.165, 1.54) is 0 Å². The maximum atomic E-state index is 12.6. The Bertz CT molecular complexity index is 669. The Balaban J connectivity index is 1.64. The van der Waals surface area contributed by atoms with Gasteiger partial charge in [0.2, 0.25) is 0 Å². The van der Waals surface area contributed by atoms with Crippen molar-refractivity contribution >= 4 is 5.91 Å². The highest BCUT2D eigenvalue weighted by Crippen LogP contribution is 2.19. The Morgan fingerprint density at radius 2 is 2.26 bits per heavy atom. The molecule has 6 nitrogen and oxygen atoms in total. The average Bonchev–Trinajstić information content (AvgIpc) is 3.03. The average molecular weight is 315 g/mol. The minimum atomic E-state index is -0.105. The van der Waals surface area contributed by atoms with Crippen molar-refractivity contribution in [1.82, 2.24) is 14.9 Å². The minimum absolute atomic E-state index is 0.105. The lowest BCUT2D eigenvalue weighted by molar-refractivity contribution is 0.0920. The van der Waals surface area contributed by atoms with E-state index in [0.29, 0.717) is 24.5 Å². The van der Waals surface area contributed by atoms with E-state index in [2.05, 4.69) is 14.9 Å². The zero-order chi connectivity index (χ0) is 16.1. The molecule has 0 saturated heterocycles. The molecule has 1 N–H and O–H groups in total. The molecule has 0 spiro atoms. The molecule has 0 unspecified atom stereocenters. The first kappa shape index (κ1) is 15.6. The van der Waals surface area contributed by atoms with Gasteiger partial charge in [-0.1, -0.05) is 12.1 Å². The van der Waals surface area contributed by atoms with Crippen molar-refractivity contribution in [3.05, 3.63) is 48.0 Å². The quantitative estimate of drug-likeness (QED) is 0.823. The molecule has 0 fully saturated rings. The first-order chi connectivity index (χ1) is 11.3. The van der Waals surface area contributed by atoms with Crippen LogP contribution in [0, 0.1) is 0 Å². The number of hydrogen-bond acceptors (Lipinski definition) is 4. The number of rotatable bonds is 6. The molecule has 1 aromatic carbocycles. The van der Waals surface area contributed by atoms with E-state index in [-0.39, 0.29) is 11.9 Å². The van der Waals surface area contributed by atoms with E-state index >= 15 is 0 Å². The van der Waals surface area contributed by atoms with Gasteiger partial charge in [-0.2, -0.15) is 0 Å². The van der Waals surface area contributed by atoms with Crippen LogP contribution in [0.4, 0.5) is 0 Å². The van der Waals surface area contributed by atoms with Crippen LogP contribution >= 0.6 is 0 Å². The Kier molecular flexibility index (Phi) is 4.92. The molecule has 0 saturated carbocycles. The van der Waals surface area contributed by atoms with Gasteiger partial charge in [-0.3, -0.25) is 4.79 Å². The summed E-state index contributed by atoms with van der Waals surface area (Å²) >= 11 is 0. The van der Waals surface area contributed by atoms with Crippen molar-refractivity contribution in [1.29, 1.82) is 0 Å². The molecule has 0 radical (unpaired) electrons. The third-order valence-corrected chi connectivity index (χ3v) is 3.95. The predicted molar refractivity (Wildman–Crippen MR) is 85.6 cm³/mol. The van der Waals surface area contributed by atoms with Gasteiger partial charge in [-0.15, -0.1) is 0 Å². The summed E-state index contributed by atoms with van der Waals surface area (Å²) in [5, 5.41) is 3.10. The molecule has 23 heavy (non-hydrogen) atoms. The third kappa shape index (κ3) is 3.71.